The van der Waals surface area contributed by atoms with Gasteiger partial charge in [-0.1, -0.05) is 15.9 Å². The molecule has 1 saturated carbocycles. The summed E-state index contributed by atoms with van der Waals surface area (Å²) in [5, 5.41) is 0. The number of carbonyl (C=O) groups excluding carboxylic acids is 2. The zero-order valence-electron chi connectivity index (χ0n) is 12.7. The maximum Gasteiger partial charge on any atom is 0.312 e. The smallest absolute Gasteiger partial charge is 0.312 e. The fourth-order valence-corrected chi connectivity index (χ4v) is 3.17. The van der Waals surface area contributed by atoms with Crippen molar-refractivity contribution in [3.8, 4) is 5.75 Å². The summed E-state index contributed by atoms with van der Waals surface area (Å²) >= 11 is 3.39. The lowest BCUT2D eigenvalue weighted by Gasteiger charge is -2.36. The third-order valence-electron chi connectivity index (χ3n) is 4.19. The fourth-order valence-electron chi connectivity index (χ4n) is 2.90. The lowest BCUT2D eigenvalue weighted by Crippen LogP contribution is -2.40. The molecule has 0 bridgehead atoms. The molecule has 2 rings (SSSR count). The number of rotatable bonds is 6. The van der Waals surface area contributed by atoms with Gasteiger partial charge in [0.05, 0.1) is 18.1 Å². The highest BCUT2D eigenvalue weighted by molar-refractivity contribution is 9.10. The van der Waals surface area contributed by atoms with Crippen molar-refractivity contribution >= 4 is 28.2 Å². The largest absolute Gasteiger partial charge is 0.490 e. The third-order valence-corrected chi connectivity index (χ3v) is 4.72. The lowest BCUT2D eigenvalue weighted by atomic mass is 9.71. The van der Waals surface area contributed by atoms with E-state index in [1.807, 2.05) is 24.3 Å². The molecule has 22 heavy (non-hydrogen) atoms. The molecule has 0 heterocycles. The van der Waals surface area contributed by atoms with Gasteiger partial charge < -0.3 is 14.3 Å². The van der Waals surface area contributed by atoms with Gasteiger partial charge in [-0.05, 0) is 56.9 Å². The summed E-state index contributed by atoms with van der Waals surface area (Å²) in [6, 6.07) is 7.71. The Hall–Kier alpha value is -1.36. The molecule has 0 amide bonds. The van der Waals surface area contributed by atoms with Crippen LogP contribution in [-0.4, -0.2) is 25.0 Å². The molecule has 0 spiro atoms. The Balaban J connectivity index is 1.96. The van der Waals surface area contributed by atoms with Crippen molar-refractivity contribution in [2.24, 2.45) is 5.41 Å². The number of hydrogen-bond donors (Lipinski definition) is 0. The predicted molar refractivity (Wildman–Crippen MR) is 86.8 cm³/mol. The molecule has 1 aromatic carbocycles. The van der Waals surface area contributed by atoms with Crippen LogP contribution in [-0.2, 0) is 14.3 Å². The highest BCUT2D eigenvalue weighted by atomic mass is 79.9. The van der Waals surface area contributed by atoms with Gasteiger partial charge in [0.2, 0.25) is 0 Å². The third kappa shape index (κ3) is 4.09. The highest BCUT2D eigenvalue weighted by Gasteiger charge is 2.43. The normalized spacial score (nSPS) is 24.5. The zero-order chi connectivity index (χ0) is 16.0. The van der Waals surface area contributed by atoms with Crippen LogP contribution in [0.2, 0.25) is 0 Å². The molecule has 1 aliphatic rings. The van der Waals surface area contributed by atoms with Crippen molar-refractivity contribution in [3.63, 3.8) is 0 Å². The molecule has 0 atom stereocenters. The van der Waals surface area contributed by atoms with Crippen LogP contribution < -0.4 is 4.74 Å². The van der Waals surface area contributed by atoms with Crippen LogP contribution in [0.25, 0.3) is 0 Å². The van der Waals surface area contributed by atoms with E-state index in [2.05, 4.69) is 15.9 Å². The van der Waals surface area contributed by atoms with Crippen LogP contribution >= 0.6 is 15.9 Å². The molecule has 1 aliphatic carbocycles. The van der Waals surface area contributed by atoms with E-state index in [0.29, 0.717) is 19.4 Å². The molecular formula is C17H21BrO4. The maximum atomic E-state index is 12.2. The highest BCUT2D eigenvalue weighted by Crippen LogP contribution is 2.41. The molecule has 0 radical (unpaired) electrons. The Morgan fingerprint density at radius 3 is 2.50 bits per heavy atom. The standard InChI is InChI=1S/C17H21BrO4/c1-2-21-16(20)17(11-12-19)9-7-15(8-10-17)22-14-5-3-13(18)4-6-14/h3-6,12,15H,2,7-11H2,1H3. The van der Waals surface area contributed by atoms with Gasteiger partial charge in [-0.3, -0.25) is 4.79 Å². The summed E-state index contributed by atoms with van der Waals surface area (Å²) in [6.07, 6.45) is 3.91. The molecule has 0 aromatic heterocycles. The molecule has 1 fully saturated rings. The van der Waals surface area contributed by atoms with Gasteiger partial charge in [0, 0.05) is 10.9 Å². The lowest BCUT2D eigenvalue weighted by molar-refractivity contribution is -0.160. The summed E-state index contributed by atoms with van der Waals surface area (Å²) in [5.41, 5.74) is -0.655. The molecular weight excluding hydrogens is 348 g/mol. The molecule has 0 unspecified atom stereocenters. The van der Waals surface area contributed by atoms with Gasteiger partial charge in [-0.15, -0.1) is 0 Å². The number of aldehydes is 1. The average molecular weight is 369 g/mol. The first-order valence-electron chi connectivity index (χ1n) is 7.63. The number of ether oxygens (including phenoxy) is 2. The zero-order valence-corrected chi connectivity index (χ0v) is 14.3. The molecule has 0 N–H and O–H groups in total. The summed E-state index contributed by atoms with van der Waals surface area (Å²) in [7, 11) is 0. The Bertz CT molecular complexity index is 504. The predicted octanol–water partition coefficient (Wildman–Crippen LogP) is 3.91. The second-order valence-electron chi connectivity index (χ2n) is 5.64. The number of esters is 1. The fraction of sp³-hybridized carbons (Fsp3) is 0.529. The van der Waals surface area contributed by atoms with E-state index in [9.17, 15) is 9.59 Å². The minimum absolute atomic E-state index is 0.0791. The monoisotopic (exact) mass is 368 g/mol. The maximum absolute atomic E-state index is 12.2. The molecule has 4 nitrogen and oxygen atoms in total. The van der Waals surface area contributed by atoms with Crippen molar-refractivity contribution in [3.05, 3.63) is 28.7 Å². The quantitative estimate of drug-likeness (QED) is 0.564. The number of hydrogen-bond acceptors (Lipinski definition) is 4. The van der Waals surface area contributed by atoms with Gasteiger partial charge in [0.1, 0.15) is 12.0 Å². The summed E-state index contributed by atoms with van der Waals surface area (Å²) in [4.78, 5) is 23.1. The minimum atomic E-state index is -0.655. The van der Waals surface area contributed by atoms with E-state index < -0.39 is 5.41 Å². The summed E-state index contributed by atoms with van der Waals surface area (Å²) in [6.45, 7) is 2.13. The summed E-state index contributed by atoms with van der Waals surface area (Å²) in [5.74, 6) is 0.580. The number of carbonyl (C=O) groups is 2. The van der Waals surface area contributed by atoms with Gasteiger partial charge >= 0.3 is 5.97 Å². The van der Waals surface area contributed by atoms with Gasteiger partial charge in [-0.2, -0.15) is 0 Å². The van der Waals surface area contributed by atoms with Crippen LogP contribution in [0, 0.1) is 5.41 Å². The van der Waals surface area contributed by atoms with Gasteiger partial charge in [0.15, 0.2) is 0 Å². The summed E-state index contributed by atoms with van der Waals surface area (Å²) < 4.78 is 12.1. The number of benzene rings is 1. The first kappa shape index (κ1) is 17.0. The van der Waals surface area contributed by atoms with Crippen LogP contribution in [0.15, 0.2) is 28.7 Å². The second kappa shape index (κ2) is 7.77. The molecule has 0 saturated heterocycles. The van der Waals surface area contributed by atoms with Gasteiger partial charge in [-0.25, -0.2) is 0 Å². The first-order valence-corrected chi connectivity index (χ1v) is 8.42. The van der Waals surface area contributed by atoms with E-state index in [4.69, 9.17) is 9.47 Å². The molecule has 0 aliphatic heterocycles. The van der Waals surface area contributed by atoms with E-state index in [0.717, 1.165) is 29.4 Å². The van der Waals surface area contributed by atoms with Crippen molar-refractivity contribution in [2.75, 3.05) is 6.61 Å². The average Bonchev–Trinajstić information content (AvgIpc) is 2.52. The SMILES string of the molecule is CCOC(=O)C1(CC=O)CCC(Oc2ccc(Br)cc2)CC1. The van der Waals surface area contributed by atoms with E-state index in [1.54, 1.807) is 6.92 Å². The topological polar surface area (TPSA) is 52.6 Å². The van der Waals surface area contributed by atoms with Crippen molar-refractivity contribution in [1.82, 2.24) is 0 Å². The Labute approximate surface area is 139 Å². The van der Waals surface area contributed by atoms with E-state index >= 15 is 0 Å². The van der Waals surface area contributed by atoms with Crippen molar-refractivity contribution < 1.29 is 19.1 Å². The van der Waals surface area contributed by atoms with E-state index in [-0.39, 0.29) is 18.5 Å². The Morgan fingerprint density at radius 1 is 1.32 bits per heavy atom. The van der Waals surface area contributed by atoms with Crippen LogP contribution in [0.5, 0.6) is 5.75 Å². The van der Waals surface area contributed by atoms with Crippen LogP contribution in [0.4, 0.5) is 0 Å². The first-order chi connectivity index (χ1) is 10.6. The minimum Gasteiger partial charge on any atom is -0.490 e. The molecule has 5 heteroatoms. The Morgan fingerprint density at radius 2 is 1.95 bits per heavy atom. The molecule has 120 valence electrons. The van der Waals surface area contributed by atoms with Crippen molar-refractivity contribution in [2.45, 2.75) is 45.1 Å². The second-order valence-corrected chi connectivity index (χ2v) is 6.56. The van der Waals surface area contributed by atoms with Crippen LogP contribution in [0.3, 0.4) is 0 Å². The van der Waals surface area contributed by atoms with Crippen LogP contribution in [0.1, 0.15) is 39.0 Å². The Kier molecular flexibility index (Phi) is 6.00. The van der Waals surface area contributed by atoms with Crippen molar-refractivity contribution in [1.29, 1.82) is 0 Å². The van der Waals surface area contributed by atoms with E-state index in [1.165, 1.54) is 0 Å². The van der Waals surface area contributed by atoms with Gasteiger partial charge in [0.25, 0.3) is 0 Å². The molecule has 1 aromatic rings. The number of halogens is 1.